The van der Waals surface area contributed by atoms with Gasteiger partial charge in [-0.05, 0) is 87.3 Å². The summed E-state index contributed by atoms with van der Waals surface area (Å²) in [5.74, 6) is 0. The normalized spacial score (nSPS) is 12.4. The van der Waals surface area contributed by atoms with E-state index in [0.29, 0.717) is 0 Å². The van der Waals surface area contributed by atoms with Gasteiger partial charge in [0.2, 0.25) is 0 Å². The number of nitrogens with one attached hydrogen (secondary N) is 1. The van der Waals surface area contributed by atoms with Crippen molar-refractivity contribution in [1.29, 1.82) is 0 Å². The number of para-hydroxylation sites is 1. The van der Waals surface area contributed by atoms with Crippen LogP contribution in [0.2, 0.25) is 0 Å². The van der Waals surface area contributed by atoms with Crippen LogP contribution in [-0.2, 0) is 0 Å². The number of nitrogens with zero attached hydrogens (tertiary/aromatic N) is 3. The van der Waals surface area contributed by atoms with Crippen molar-refractivity contribution in [3.05, 3.63) is 151 Å². The summed E-state index contributed by atoms with van der Waals surface area (Å²) in [5.41, 5.74) is 10.6. The van der Waals surface area contributed by atoms with Gasteiger partial charge in [-0.3, -0.25) is 4.98 Å². The van der Waals surface area contributed by atoms with Crippen LogP contribution in [0.3, 0.4) is 0 Å². The zero-order valence-corrected chi connectivity index (χ0v) is 24.5. The molecule has 4 heteroatoms. The monoisotopic (exact) mass is 576 g/mol. The van der Waals surface area contributed by atoms with Crippen LogP contribution in [0.25, 0.3) is 78.0 Å². The summed E-state index contributed by atoms with van der Waals surface area (Å²) in [6, 6.07) is 47.3. The van der Waals surface area contributed by atoms with Crippen molar-refractivity contribution in [2.24, 2.45) is 0 Å². The summed E-state index contributed by atoms with van der Waals surface area (Å²) < 4.78 is 2.35. The molecule has 45 heavy (non-hydrogen) atoms. The Bertz CT molecular complexity index is 2380. The second kappa shape index (κ2) is 10.3. The van der Waals surface area contributed by atoms with Gasteiger partial charge in [0.25, 0.3) is 0 Å². The van der Waals surface area contributed by atoms with Gasteiger partial charge < -0.3 is 9.88 Å². The van der Waals surface area contributed by atoms with Crippen LogP contribution >= 0.6 is 0 Å². The predicted molar refractivity (Wildman–Crippen MR) is 188 cm³/mol. The molecule has 0 bridgehead atoms. The maximum absolute atomic E-state index is 5.23. The van der Waals surface area contributed by atoms with Gasteiger partial charge in [-0.25, -0.2) is 4.98 Å². The molecule has 0 saturated carbocycles. The van der Waals surface area contributed by atoms with Crippen LogP contribution < -0.4 is 5.32 Å². The number of anilines is 1. The first-order valence-electron chi connectivity index (χ1n) is 15.3. The fourth-order valence-corrected chi connectivity index (χ4v) is 6.81. The van der Waals surface area contributed by atoms with Crippen LogP contribution in [0.5, 0.6) is 0 Å². The van der Waals surface area contributed by atoms with E-state index < -0.39 is 0 Å². The van der Waals surface area contributed by atoms with Gasteiger partial charge >= 0.3 is 0 Å². The molecule has 0 saturated heterocycles. The number of pyridine rings is 2. The molecule has 0 atom stereocenters. The third-order valence-corrected chi connectivity index (χ3v) is 8.80. The number of fused-ring (bicyclic) bond motifs is 5. The Balaban J connectivity index is 1.30. The Labute approximate surface area is 261 Å². The summed E-state index contributed by atoms with van der Waals surface area (Å²) in [6.07, 6.45) is 6.24. The van der Waals surface area contributed by atoms with Crippen molar-refractivity contribution >= 4 is 44.2 Å². The summed E-state index contributed by atoms with van der Waals surface area (Å²) in [6.45, 7) is 0.830. The maximum Gasteiger partial charge on any atom is 0.0899 e. The Morgan fingerprint density at radius 2 is 1.31 bits per heavy atom. The lowest BCUT2D eigenvalue weighted by Gasteiger charge is -2.16. The van der Waals surface area contributed by atoms with E-state index in [1.807, 2.05) is 24.4 Å². The van der Waals surface area contributed by atoms with Gasteiger partial charge in [0.1, 0.15) is 0 Å². The van der Waals surface area contributed by atoms with Gasteiger partial charge in [-0.2, -0.15) is 0 Å². The van der Waals surface area contributed by atoms with E-state index in [9.17, 15) is 0 Å². The van der Waals surface area contributed by atoms with Crippen LogP contribution in [0.15, 0.2) is 146 Å². The molecule has 0 aliphatic carbocycles. The van der Waals surface area contributed by atoms with E-state index in [0.717, 1.165) is 46.1 Å². The highest BCUT2D eigenvalue weighted by Crippen LogP contribution is 2.40. The minimum absolute atomic E-state index is 0.830. The second-order valence-electron chi connectivity index (χ2n) is 11.5. The van der Waals surface area contributed by atoms with Crippen molar-refractivity contribution < 1.29 is 0 Å². The topological polar surface area (TPSA) is 42.7 Å². The smallest absolute Gasteiger partial charge is 0.0899 e. The van der Waals surface area contributed by atoms with Crippen LogP contribution in [0, 0.1) is 0 Å². The zero-order valence-electron chi connectivity index (χ0n) is 24.5. The maximum atomic E-state index is 5.23. The number of rotatable bonds is 4. The van der Waals surface area contributed by atoms with Gasteiger partial charge in [-0.15, -0.1) is 0 Å². The van der Waals surface area contributed by atoms with Gasteiger partial charge in [0, 0.05) is 29.4 Å². The molecule has 212 valence electrons. The van der Waals surface area contributed by atoms with Crippen LogP contribution in [0.4, 0.5) is 5.69 Å². The molecule has 5 aromatic carbocycles. The van der Waals surface area contributed by atoms with Crippen LogP contribution in [-0.4, -0.2) is 21.1 Å². The number of benzene rings is 5. The molecule has 4 nitrogen and oxygen atoms in total. The SMILES string of the molecule is C1=Cc2c(c3ccccc3n2-c2cccc(-c3cc(-c4c5ccccc5cc5ccccc45)cc(-c4ccccn4)n3)c2)NC1. The average molecular weight is 577 g/mol. The van der Waals surface area contributed by atoms with E-state index >= 15 is 0 Å². The number of hydrogen-bond acceptors (Lipinski definition) is 3. The fraction of sp³-hybridized carbons (Fsp3) is 0.0244. The molecule has 9 rings (SSSR count). The molecule has 4 heterocycles. The van der Waals surface area contributed by atoms with Gasteiger partial charge in [0.15, 0.2) is 0 Å². The minimum atomic E-state index is 0.830. The Hall–Kier alpha value is -6.00. The zero-order chi connectivity index (χ0) is 29.7. The predicted octanol–water partition coefficient (Wildman–Crippen LogP) is 10.2. The molecule has 1 aliphatic rings. The molecule has 0 fully saturated rings. The third kappa shape index (κ3) is 4.22. The first-order chi connectivity index (χ1) is 22.3. The van der Waals surface area contributed by atoms with Crippen molar-refractivity contribution in [3.63, 3.8) is 0 Å². The average Bonchev–Trinajstić information content (AvgIpc) is 3.45. The largest absolute Gasteiger partial charge is 0.379 e. The Morgan fingerprint density at radius 3 is 2.11 bits per heavy atom. The Kier molecular flexibility index (Phi) is 5.85. The molecule has 8 aromatic rings. The fourth-order valence-electron chi connectivity index (χ4n) is 6.81. The molecule has 1 N–H and O–H groups in total. The quantitative estimate of drug-likeness (QED) is 0.212. The Morgan fingerprint density at radius 1 is 0.578 bits per heavy atom. The highest BCUT2D eigenvalue weighted by Gasteiger charge is 2.19. The van der Waals surface area contributed by atoms with Crippen molar-refractivity contribution in [2.45, 2.75) is 0 Å². The molecule has 3 aromatic heterocycles. The standard InChI is InChI=1S/C41H28N4/c1-3-15-32-27(11-1)23-28-12-2-4-16-33(28)40(32)30-25-36(44-37(26-30)35-18-7-8-21-42-35)29-13-9-14-31(24-29)45-38-19-6-5-17-34(38)41-39(45)20-10-22-43-41/h1-21,23-26,43H,22H2. The van der Waals surface area contributed by atoms with E-state index in [1.54, 1.807) is 0 Å². The summed E-state index contributed by atoms with van der Waals surface area (Å²) in [5, 5.41) is 9.70. The molecule has 0 spiro atoms. The van der Waals surface area contributed by atoms with E-state index in [-0.39, 0.29) is 0 Å². The molecular formula is C41H28N4. The summed E-state index contributed by atoms with van der Waals surface area (Å²) >= 11 is 0. The molecule has 1 aliphatic heterocycles. The second-order valence-corrected chi connectivity index (χ2v) is 11.5. The molecule has 0 amide bonds. The third-order valence-electron chi connectivity index (χ3n) is 8.80. The lowest BCUT2D eigenvalue weighted by atomic mass is 9.91. The highest BCUT2D eigenvalue weighted by atomic mass is 15.0. The summed E-state index contributed by atoms with van der Waals surface area (Å²) in [4.78, 5) is 9.94. The molecule has 0 radical (unpaired) electrons. The van der Waals surface area contributed by atoms with Crippen molar-refractivity contribution in [2.75, 3.05) is 11.9 Å². The molecular weight excluding hydrogens is 548 g/mol. The first-order valence-corrected chi connectivity index (χ1v) is 15.3. The van der Waals surface area contributed by atoms with Gasteiger partial charge in [0.05, 0.1) is 34.0 Å². The van der Waals surface area contributed by atoms with E-state index in [2.05, 4.69) is 137 Å². The highest BCUT2D eigenvalue weighted by molar-refractivity contribution is 6.13. The summed E-state index contributed by atoms with van der Waals surface area (Å²) in [7, 11) is 0. The first kappa shape index (κ1) is 25.5. The van der Waals surface area contributed by atoms with E-state index in [1.165, 1.54) is 43.7 Å². The number of hydrogen-bond donors (Lipinski definition) is 1. The number of aromatic nitrogens is 3. The van der Waals surface area contributed by atoms with Crippen LogP contribution in [0.1, 0.15) is 5.69 Å². The molecule has 0 unspecified atom stereocenters. The van der Waals surface area contributed by atoms with Crippen molar-refractivity contribution in [1.82, 2.24) is 14.5 Å². The van der Waals surface area contributed by atoms with Gasteiger partial charge in [-0.1, -0.05) is 91.0 Å². The lowest BCUT2D eigenvalue weighted by molar-refractivity contribution is 1.10. The lowest BCUT2D eigenvalue weighted by Crippen LogP contribution is -2.06. The van der Waals surface area contributed by atoms with E-state index in [4.69, 9.17) is 9.97 Å². The van der Waals surface area contributed by atoms with Crippen molar-refractivity contribution in [3.8, 4) is 39.5 Å². The minimum Gasteiger partial charge on any atom is -0.379 e.